The van der Waals surface area contributed by atoms with E-state index in [9.17, 15) is 0 Å². The largest absolute Gasteiger partial charge is 0.331 e. The summed E-state index contributed by atoms with van der Waals surface area (Å²) in [6.07, 6.45) is 6.08. The Balaban J connectivity index is 2.48. The molecule has 0 aliphatic heterocycles. The lowest BCUT2D eigenvalue weighted by Crippen LogP contribution is -2.18. The fourth-order valence-corrected chi connectivity index (χ4v) is 1.53. The van der Waals surface area contributed by atoms with Gasteiger partial charge in [-0.1, -0.05) is 20.4 Å². The molecule has 1 heterocycles. The Kier molecular flexibility index (Phi) is 5.12. The van der Waals surface area contributed by atoms with Crippen molar-refractivity contribution < 1.29 is 0 Å². The zero-order valence-electron chi connectivity index (χ0n) is 9.79. The molecule has 1 aromatic heterocycles. The van der Waals surface area contributed by atoms with Crippen molar-refractivity contribution in [2.24, 2.45) is 0 Å². The average Bonchev–Trinajstić information content (AvgIpc) is 2.63. The summed E-state index contributed by atoms with van der Waals surface area (Å²) in [5, 5.41) is 3.28. The molecule has 0 aliphatic rings. The number of rotatable bonds is 7. The Labute approximate surface area is 92.2 Å². The molecule has 0 bridgehead atoms. The van der Waals surface area contributed by atoms with Crippen LogP contribution in [0, 0.1) is 0 Å². The highest BCUT2D eigenvalue weighted by Crippen LogP contribution is 2.04. The molecule has 0 spiro atoms. The van der Waals surface area contributed by atoms with Crippen LogP contribution in [-0.4, -0.2) is 22.6 Å². The number of likely N-dealkylation sites (N-methyl/N-ethyl adjacent to an activating group) is 1. The molecule has 3 heteroatoms. The summed E-state index contributed by atoms with van der Waals surface area (Å²) in [4.78, 5) is 4.34. The third-order valence-corrected chi connectivity index (χ3v) is 2.29. The molecule has 0 saturated carbocycles. The van der Waals surface area contributed by atoms with Crippen molar-refractivity contribution in [2.45, 2.75) is 33.2 Å². The van der Waals surface area contributed by atoms with E-state index >= 15 is 0 Å². The van der Waals surface area contributed by atoms with Gasteiger partial charge in [-0.25, -0.2) is 4.98 Å². The van der Waals surface area contributed by atoms with Crippen molar-refractivity contribution in [3.63, 3.8) is 0 Å². The Morgan fingerprint density at radius 3 is 3.00 bits per heavy atom. The highest BCUT2D eigenvalue weighted by atomic mass is 15.1. The van der Waals surface area contributed by atoms with Crippen LogP contribution in [-0.2, 0) is 13.0 Å². The molecule has 1 N–H and O–H groups in total. The number of aryl methyl sites for hydroxylation is 1. The minimum atomic E-state index is 0.877. The predicted molar refractivity (Wildman–Crippen MR) is 63.9 cm³/mol. The van der Waals surface area contributed by atoms with Crippen molar-refractivity contribution in [2.75, 3.05) is 13.1 Å². The normalized spacial score (nSPS) is 10.5. The van der Waals surface area contributed by atoms with Crippen LogP contribution in [0.3, 0.4) is 0 Å². The molecule has 1 aromatic rings. The summed E-state index contributed by atoms with van der Waals surface area (Å²) >= 11 is 0. The molecule has 0 unspecified atom stereocenters. The molecule has 0 atom stereocenters. The maximum absolute atomic E-state index is 4.34. The zero-order valence-corrected chi connectivity index (χ0v) is 9.79. The van der Waals surface area contributed by atoms with Crippen LogP contribution < -0.4 is 5.32 Å². The number of hydrogen-bond donors (Lipinski definition) is 1. The Morgan fingerprint density at radius 2 is 2.33 bits per heavy atom. The van der Waals surface area contributed by atoms with E-state index in [1.54, 1.807) is 0 Å². The van der Waals surface area contributed by atoms with E-state index in [0.29, 0.717) is 0 Å². The molecule has 0 fully saturated rings. The highest BCUT2D eigenvalue weighted by molar-refractivity contribution is 5.02. The first kappa shape index (κ1) is 12.0. The van der Waals surface area contributed by atoms with E-state index in [1.807, 2.05) is 12.4 Å². The molecule has 3 nitrogen and oxygen atoms in total. The average molecular weight is 207 g/mol. The lowest BCUT2D eigenvalue weighted by Gasteiger charge is -2.10. The fourth-order valence-electron chi connectivity index (χ4n) is 1.53. The summed E-state index contributed by atoms with van der Waals surface area (Å²) in [6, 6.07) is 0. The molecule has 0 aliphatic carbocycles. The maximum atomic E-state index is 4.34. The van der Waals surface area contributed by atoms with Crippen LogP contribution >= 0.6 is 0 Å². The third kappa shape index (κ3) is 3.88. The van der Waals surface area contributed by atoms with Crippen LogP contribution in [0.5, 0.6) is 0 Å². The number of aromatic nitrogens is 2. The Morgan fingerprint density at radius 1 is 1.53 bits per heavy atom. The Hall–Kier alpha value is -1.09. The van der Waals surface area contributed by atoms with Gasteiger partial charge in [0.1, 0.15) is 5.82 Å². The molecule has 0 aromatic carbocycles. The summed E-state index contributed by atoms with van der Waals surface area (Å²) in [6.45, 7) is 11.1. The van der Waals surface area contributed by atoms with Crippen LogP contribution in [0.25, 0.3) is 0 Å². The van der Waals surface area contributed by atoms with Crippen molar-refractivity contribution in [1.29, 1.82) is 0 Å². The minimum absolute atomic E-state index is 0.877. The SMILES string of the molecule is C=C(CNCC)Cn1ccnc1CCC. The van der Waals surface area contributed by atoms with Gasteiger partial charge >= 0.3 is 0 Å². The standard InChI is InChI=1S/C12H21N3/c1-4-6-12-14-7-8-15(12)10-11(3)9-13-5-2/h7-8,13H,3-6,9-10H2,1-2H3. The van der Waals surface area contributed by atoms with E-state index in [-0.39, 0.29) is 0 Å². The van der Waals surface area contributed by atoms with Crippen LogP contribution in [0.2, 0.25) is 0 Å². The van der Waals surface area contributed by atoms with Gasteiger partial charge in [0.2, 0.25) is 0 Å². The van der Waals surface area contributed by atoms with Crippen LogP contribution in [0.4, 0.5) is 0 Å². The molecular formula is C12H21N3. The van der Waals surface area contributed by atoms with Crippen LogP contribution in [0.1, 0.15) is 26.1 Å². The van der Waals surface area contributed by atoms with Gasteiger partial charge < -0.3 is 9.88 Å². The zero-order chi connectivity index (χ0) is 11.1. The van der Waals surface area contributed by atoms with Gasteiger partial charge in [-0.05, 0) is 18.5 Å². The van der Waals surface area contributed by atoms with Crippen LogP contribution in [0.15, 0.2) is 24.5 Å². The first-order chi connectivity index (χ1) is 7.27. The fraction of sp³-hybridized carbons (Fsp3) is 0.583. The summed E-state index contributed by atoms with van der Waals surface area (Å²) in [5.74, 6) is 1.16. The topological polar surface area (TPSA) is 29.9 Å². The van der Waals surface area contributed by atoms with Gasteiger partial charge in [0.05, 0.1) is 0 Å². The van der Waals surface area contributed by atoms with Crippen molar-refractivity contribution >= 4 is 0 Å². The lowest BCUT2D eigenvalue weighted by molar-refractivity contribution is 0.665. The van der Waals surface area contributed by atoms with Crippen molar-refractivity contribution in [3.05, 3.63) is 30.4 Å². The van der Waals surface area contributed by atoms with Gasteiger partial charge in [-0.2, -0.15) is 0 Å². The van der Waals surface area contributed by atoms with E-state index in [0.717, 1.165) is 38.3 Å². The number of imidazole rings is 1. The molecule has 84 valence electrons. The number of nitrogens with one attached hydrogen (secondary N) is 1. The molecule has 0 radical (unpaired) electrons. The summed E-state index contributed by atoms with van der Waals surface area (Å²) < 4.78 is 2.18. The molecule has 0 amide bonds. The third-order valence-electron chi connectivity index (χ3n) is 2.29. The van der Waals surface area contributed by atoms with Crippen molar-refractivity contribution in [3.8, 4) is 0 Å². The van der Waals surface area contributed by atoms with Crippen molar-refractivity contribution in [1.82, 2.24) is 14.9 Å². The minimum Gasteiger partial charge on any atom is -0.331 e. The van der Waals surface area contributed by atoms with Gasteiger partial charge in [0.25, 0.3) is 0 Å². The molecule has 15 heavy (non-hydrogen) atoms. The molecule has 0 saturated heterocycles. The Bertz CT molecular complexity index is 302. The molecular weight excluding hydrogens is 186 g/mol. The summed E-state index contributed by atoms with van der Waals surface area (Å²) in [7, 11) is 0. The second kappa shape index (κ2) is 6.40. The smallest absolute Gasteiger partial charge is 0.108 e. The van der Waals surface area contributed by atoms with E-state index in [2.05, 4.69) is 35.3 Å². The van der Waals surface area contributed by atoms with Gasteiger partial charge in [-0.3, -0.25) is 0 Å². The number of nitrogens with zero attached hydrogens (tertiary/aromatic N) is 2. The first-order valence-corrected chi connectivity index (χ1v) is 5.65. The second-order valence-electron chi connectivity index (χ2n) is 3.75. The highest BCUT2D eigenvalue weighted by Gasteiger charge is 2.02. The van der Waals surface area contributed by atoms with E-state index in [1.165, 1.54) is 5.57 Å². The lowest BCUT2D eigenvalue weighted by atomic mass is 10.2. The van der Waals surface area contributed by atoms with E-state index < -0.39 is 0 Å². The molecule has 1 rings (SSSR count). The predicted octanol–water partition coefficient (Wildman–Crippen LogP) is 2.00. The first-order valence-electron chi connectivity index (χ1n) is 5.65. The maximum Gasteiger partial charge on any atom is 0.108 e. The number of hydrogen-bond acceptors (Lipinski definition) is 2. The second-order valence-corrected chi connectivity index (χ2v) is 3.75. The van der Waals surface area contributed by atoms with Gasteiger partial charge in [0.15, 0.2) is 0 Å². The van der Waals surface area contributed by atoms with E-state index in [4.69, 9.17) is 0 Å². The van der Waals surface area contributed by atoms with Gasteiger partial charge in [-0.15, -0.1) is 0 Å². The monoisotopic (exact) mass is 207 g/mol. The quantitative estimate of drug-likeness (QED) is 0.693. The van der Waals surface area contributed by atoms with Gasteiger partial charge in [0, 0.05) is 31.9 Å². The summed E-state index contributed by atoms with van der Waals surface area (Å²) in [5.41, 5.74) is 1.20.